The van der Waals surface area contributed by atoms with Crippen molar-refractivity contribution in [2.45, 2.75) is 45.3 Å². The van der Waals surface area contributed by atoms with Gasteiger partial charge in [-0.15, -0.1) is 0 Å². The van der Waals surface area contributed by atoms with Gasteiger partial charge >= 0.3 is 0 Å². The summed E-state index contributed by atoms with van der Waals surface area (Å²) in [6.07, 6.45) is 1.69. The molecule has 1 unspecified atom stereocenters. The highest BCUT2D eigenvalue weighted by atomic mass is 28.3. The minimum Gasteiger partial charge on any atom is -0.390 e. The average molecular weight is 242 g/mol. The Balaban J connectivity index is 2.37. The van der Waals surface area contributed by atoms with Crippen LogP contribution in [0.2, 0.25) is 25.7 Å². The summed E-state index contributed by atoms with van der Waals surface area (Å²) in [4.78, 5) is 7.24. The summed E-state index contributed by atoms with van der Waals surface area (Å²) < 4.78 is 5.72. The first-order valence-corrected chi connectivity index (χ1v) is 9.40. The summed E-state index contributed by atoms with van der Waals surface area (Å²) in [5, 5.41) is 8.90. The molecule has 0 amide bonds. The SMILES string of the molecule is CC(OCC[Si](C)(C)C)c1nc(CO)c[nH]1. The van der Waals surface area contributed by atoms with Gasteiger partial charge in [0.2, 0.25) is 0 Å². The standard InChI is InChI=1S/C11H22N2O2Si/c1-9(15-5-6-16(2,3)4)11-12-7-10(8-14)13-11/h7,9,14H,5-6,8H2,1-4H3,(H,12,13). The van der Waals surface area contributed by atoms with Crippen molar-refractivity contribution in [2.75, 3.05) is 6.61 Å². The van der Waals surface area contributed by atoms with E-state index in [0.717, 1.165) is 18.5 Å². The number of aliphatic hydroxyl groups is 1. The van der Waals surface area contributed by atoms with Crippen molar-refractivity contribution >= 4 is 8.07 Å². The summed E-state index contributed by atoms with van der Waals surface area (Å²) in [6.45, 7) is 9.72. The topological polar surface area (TPSA) is 58.1 Å². The Morgan fingerprint density at radius 1 is 1.50 bits per heavy atom. The van der Waals surface area contributed by atoms with Crippen LogP contribution < -0.4 is 0 Å². The minimum absolute atomic E-state index is 0.0296. The molecule has 0 aliphatic carbocycles. The molecule has 1 atom stereocenters. The zero-order valence-electron chi connectivity index (χ0n) is 10.6. The third kappa shape index (κ3) is 4.47. The highest BCUT2D eigenvalue weighted by molar-refractivity contribution is 6.76. The van der Waals surface area contributed by atoms with Crippen molar-refractivity contribution < 1.29 is 9.84 Å². The first kappa shape index (κ1) is 13.4. The summed E-state index contributed by atoms with van der Waals surface area (Å²) in [7, 11) is -1.02. The fourth-order valence-electron chi connectivity index (χ4n) is 1.29. The van der Waals surface area contributed by atoms with Crippen molar-refractivity contribution in [1.29, 1.82) is 0 Å². The average Bonchev–Trinajstić information content (AvgIpc) is 2.63. The van der Waals surface area contributed by atoms with Gasteiger partial charge in [-0.25, -0.2) is 4.98 Å². The van der Waals surface area contributed by atoms with E-state index in [1.54, 1.807) is 6.20 Å². The summed E-state index contributed by atoms with van der Waals surface area (Å²) in [5.41, 5.74) is 0.663. The van der Waals surface area contributed by atoms with Gasteiger partial charge in [-0.05, 0) is 13.0 Å². The van der Waals surface area contributed by atoms with Crippen LogP contribution in [0.3, 0.4) is 0 Å². The molecule has 0 aromatic carbocycles. The van der Waals surface area contributed by atoms with Crippen LogP contribution >= 0.6 is 0 Å². The van der Waals surface area contributed by atoms with Crippen molar-refractivity contribution in [3.8, 4) is 0 Å². The van der Waals surface area contributed by atoms with E-state index in [-0.39, 0.29) is 12.7 Å². The smallest absolute Gasteiger partial charge is 0.135 e. The van der Waals surface area contributed by atoms with Gasteiger partial charge in [0, 0.05) is 20.9 Å². The molecule has 0 aliphatic heterocycles. The number of aliphatic hydroxyl groups excluding tert-OH is 1. The zero-order valence-corrected chi connectivity index (χ0v) is 11.6. The van der Waals surface area contributed by atoms with Gasteiger partial charge in [-0.2, -0.15) is 0 Å². The molecular weight excluding hydrogens is 220 g/mol. The van der Waals surface area contributed by atoms with Crippen LogP contribution in [0, 0.1) is 0 Å². The molecule has 4 nitrogen and oxygen atoms in total. The summed E-state index contributed by atoms with van der Waals surface area (Å²) >= 11 is 0. The number of ether oxygens (including phenoxy) is 1. The number of hydrogen-bond donors (Lipinski definition) is 2. The Labute approximate surface area is 98.1 Å². The maximum Gasteiger partial charge on any atom is 0.135 e. The van der Waals surface area contributed by atoms with Crippen molar-refractivity contribution in [2.24, 2.45) is 0 Å². The van der Waals surface area contributed by atoms with E-state index in [2.05, 4.69) is 29.6 Å². The van der Waals surface area contributed by atoms with Gasteiger partial charge in [0.15, 0.2) is 0 Å². The molecule has 0 saturated heterocycles. The number of H-pyrrole nitrogens is 1. The molecule has 0 bridgehead atoms. The van der Waals surface area contributed by atoms with Crippen LogP contribution in [-0.4, -0.2) is 29.8 Å². The zero-order chi connectivity index (χ0) is 12.2. The second-order valence-corrected chi connectivity index (χ2v) is 10.9. The Morgan fingerprint density at radius 3 is 2.69 bits per heavy atom. The highest BCUT2D eigenvalue weighted by Crippen LogP contribution is 2.16. The van der Waals surface area contributed by atoms with Gasteiger partial charge in [0.05, 0.1) is 12.3 Å². The summed E-state index contributed by atoms with van der Waals surface area (Å²) in [6, 6.07) is 1.16. The van der Waals surface area contributed by atoms with E-state index >= 15 is 0 Å². The van der Waals surface area contributed by atoms with Crippen molar-refractivity contribution in [3.63, 3.8) is 0 Å². The lowest BCUT2D eigenvalue weighted by atomic mass is 10.4. The summed E-state index contributed by atoms with van der Waals surface area (Å²) in [5.74, 6) is 0.791. The predicted octanol–water partition coefficient (Wildman–Crippen LogP) is 2.32. The number of imidazole rings is 1. The molecule has 0 spiro atoms. The van der Waals surface area contributed by atoms with Crippen LogP contribution in [0.4, 0.5) is 0 Å². The largest absolute Gasteiger partial charge is 0.390 e. The van der Waals surface area contributed by atoms with Gasteiger partial charge in [-0.3, -0.25) is 0 Å². The quantitative estimate of drug-likeness (QED) is 0.753. The lowest BCUT2D eigenvalue weighted by Crippen LogP contribution is -2.22. The second-order valence-electron chi connectivity index (χ2n) is 5.26. The van der Waals surface area contributed by atoms with E-state index in [0.29, 0.717) is 5.69 Å². The number of hydrogen-bond acceptors (Lipinski definition) is 3. The first-order valence-electron chi connectivity index (χ1n) is 5.69. The van der Waals surface area contributed by atoms with E-state index in [1.165, 1.54) is 0 Å². The van der Waals surface area contributed by atoms with Crippen LogP contribution in [0.1, 0.15) is 24.5 Å². The molecule has 0 aliphatic rings. The van der Waals surface area contributed by atoms with E-state index < -0.39 is 8.07 Å². The maximum absolute atomic E-state index is 8.90. The Morgan fingerprint density at radius 2 is 2.19 bits per heavy atom. The Bertz CT molecular complexity index is 320. The molecule has 1 aromatic rings. The third-order valence-electron chi connectivity index (χ3n) is 2.42. The van der Waals surface area contributed by atoms with E-state index in [1.807, 2.05) is 6.92 Å². The number of aromatic amines is 1. The van der Waals surface area contributed by atoms with Crippen LogP contribution in [-0.2, 0) is 11.3 Å². The van der Waals surface area contributed by atoms with Gasteiger partial charge < -0.3 is 14.8 Å². The molecule has 2 N–H and O–H groups in total. The molecule has 0 saturated carbocycles. The molecular formula is C11H22N2O2Si. The Kier molecular flexibility index (Phi) is 4.70. The van der Waals surface area contributed by atoms with Crippen LogP contribution in [0.15, 0.2) is 6.20 Å². The molecule has 16 heavy (non-hydrogen) atoms. The van der Waals surface area contributed by atoms with E-state index in [9.17, 15) is 0 Å². The fourth-order valence-corrected chi connectivity index (χ4v) is 2.02. The van der Waals surface area contributed by atoms with Crippen molar-refractivity contribution in [3.05, 3.63) is 17.7 Å². The van der Waals surface area contributed by atoms with Gasteiger partial charge in [0.1, 0.15) is 11.9 Å². The van der Waals surface area contributed by atoms with Crippen LogP contribution in [0.25, 0.3) is 0 Å². The molecule has 92 valence electrons. The fraction of sp³-hybridized carbons (Fsp3) is 0.727. The van der Waals surface area contributed by atoms with E-state index in [4.69, 9.17) is 9.84 Å². The predicted molar refractivity (Wildman–Crippen MR) is 67.0 cm³/mol. The minimum atomic E-state index is -1.02. The third-order valence-corrected chi connectivity index (χ3v) is 4.12. The maximum atomic E-state index is 8.90. The number of aromatic nitrogens is 2. The normalized spacial score (nSPS) is 14.1. The number of rotatable bonds is 6. The monoisotopic (exact) mass is 242 g/mol. The van der Waals surface area contributed by atoms with Crippen LogP contribution in [0.5, 0.6) is 0 Å². The first-order chi connectivity index (χ1) is 7.42. The number of nitrogens with zero attached hydrogens (tertiary/aromatic N) is 1. The van der Waals surface area contributed by atoms with Gasteiger partial charge in [-0.1, -0.05) is 19.6 Å². The number of nitrogens with one attached hydrogen (secondary N) is 1. The van der Waals surface area contributed by atoms with Gasteiger partial charge in [0.25, 0.3) is 0 Å². The molecule has 1 rings (SSSR count). The second kappa shape index (κ2) is 5.61. The lowest BCUT2D eigenvalue weighted by Gasteiger charge is -2.17. The molecule has 0 radical (unpaired) electrons. The molecule has 0 fully saturated rings. The Hall–Kier alpha value is -0.653. The lowest BCUT2D eigenvalue weighted by molar-refractivity contribution is 0.0699. The molecule has 1 aromatic heterocycles. The molecule has 1 heterocycles. The highest BCUT2D eigenvalue weighted by Gasteiger charge is 2.15. The molecule has 5 heteroatoms. The van der Waals surface area contributed by atoms with Crippen molar-refractivity contribution in [1.82, 2.24) is 9.97 Å².